The first-order valence-corrected chi connectivity index (χ1v) is 9.70. The van der Waals surface area contributed by atoms with Crippen molar-refractivity contribution in [3.63, 3.8) is 0 Å². The molecule has 2 aromatic rings. The van der Waals surface area contributed by atoms with Crippen LogP contribution in [0.15, 0.2) is 24.3 Å². The maximum Gasteiger partial charge on any atom is 0.231 e. The lowest BCUT2D eigenvalue weighted by molar-refractivity contribution is -0.138. The van der Waals surface area contributed by atoms with Gasteiger partial charge in [-0.05, 0) is 25.5 Å². The van der Waals surface area contributed by atoms with Crippen LogP contribution in [0.2, 0.25) is 0 Å². The van der Waals surface area contributed by atoms with Crippen molar-refractivity contribution in [2.24, 2.45) is 5.41 Å². The Kier molecular flexibility index (Phi) is 4.03. The number of fused-ring (bicyclic) bond motifs is 1. The van der Waals surface area contributed by atoms with Gasteiger partial charge in [-0.2, -0.15) is 0 Å². The van der Waals surface area contributed by atoms with Gasteiger partial charge in [0.1, 0.15) is 9.34 Å². The van der Waals surface area contributed by atoms with Crippen LogP contribution in [0.25, 0.3) is 10.2 Å². The molecule has 2 heterocycles. The van der Waals surface area contributed by atoms with Gasteiger partial charge in [0.2, 0.25) is 5.91 Å². The first-order chi connectivity index (χ1) is 11.4. The molecule has 128 valence electrons. The van der Waals surface area contributed by atoms with Gasteiger partial charge in [0.05, 0.1) is 22.2 Å². The Morgan fingerprint density at radius 1 is 1.25 bits per heavy atom. The van der Waals surface area contributed by atoms with E-state index < -0.39 is 9.75 Å². The third-order valence-electron chi connectivity index (χ3n) is 5.09. The summed E-state index contributed by atoms with van der Waals surface area (Å²) in [5.41, 5.74) is 0.458. The highest BCUT2D eigenvalue weighted by Crippen LogP contribution is 2.64. The molecule has 1 atom stereocenters. The zero-order valence-electron chi connectivity index (χ0n) is 13.5. The molecule has 4 rings (SSSR count). The lowest BCUT2D eigenvalue weighted by Gasteiger charge is -2.36. The fourth-order valence-electron chi connectivity index (χ4n) is 3.27. The molecule has 1 amide bonds. The summed E-state index contributed by atoms with van der Waals surface area (Å²) < 4.78 is 0.339. The molecule has 2 aliphatic rings. The first kappa shape index (κ1) is 16.6. The smallest absolute Gasteiger partial charge is 0.231 e. The summed E-state index contributed by atoms with van der Waals surface area (Å²) in [7, 11) is 0. The number of halogens is 2. The molecule has 2 fully saturated rings. The number of alkyl halides is 2. The molecule has 1 saturated carbocycles. The van der Waals surface area contributed by atoms with E-state index in [1.54, 1.807) is 11.3 Å². The van der Waals surface area contributed by atoms with Crippen LogP contribution in [0.3, 0.4) is 0 Å². The Labute approximate surface area is 155 Å². The van der Waals surface area contributed by atoms with Gasteiger partial charge in [0, 0.05) is 26.2 Å². The maximum atomic E-state index is 12.6. The van der Waals surface area contributed by atoms with Crippen LogP contribution in [0.5, 0.6) is 0 Å². The number of thiazole rings is 1. The highest BCUT2D eigenvalue weighted by Gasteiger charge is 2.68. The van der Waals surface area contributed by atoms with Gasteiger partial charge in [-0.15, -0.1) is 34.5 Å². The van der Waals surface area contributed by atoms with E-state index >= 15 is 0 Å². The standard InChI is InChI=1S/C17H19Cl2N3OS/c1-16(11-17(16,18)19)15(23)22-8-6-21(7-9-22)10-14-20-12-4-2-3-5-13(12)24-14/h2-5H,6-11H2,1H3. The van der Waals surface area contributed by atoms with Gasteiger partial charge in [-0.3, -0.25) is 9.69 Å². The minimum atomic E-state index is -0.887. The molecule has 7 heteroatoms. The number of amides is 1. The monoisotopic (exact) mass is 383 g/mol. The Hall–Kier alpha value is -0.880. The van der Waals surface area contributed by atoms with Crippen LogP contribution in [-0.2, 0) is 11.3 Å². The third-order valence-corrected chi connectivity index (χ3v) is 7.21. The summed E-state index contributed by atoms with van der Waals surface area (Å²) >= 11 is 14.0. The summed E-state index contributed by atoms with van der Waals surface area (Å²) in [5.74, 6) is 0.0899. The van der Waals surface area contributed by atoms with Gasteiger partial charge >= 0.3 is 0 Å². The van der Waals surface area contributed by atoms with Gasteiger partial charge in [0.15, 0.2) is 0 Å². The molecule has 0 radical (unpaired) electrons. The molecule has 1 aliphatic carbocycles. The van der Waals surface area contributed by atoms with Crippen molar-refractivity contribution in [3.05, 3.63) is 29.3 Å². The molecule has 1 aromatic carbocycles. The van der Waals surface area contributed by atoms with Gasteiger partial charge in [-0.25, -0.2) is 4.98 Å². The minimum absolute atomic E-state index is 0.0899. The van der Waals surface area contributed by atoms with E-state index in [-0.39, 0.29) is 5.91 Å². The second kappa shape index (κ2) is 5.84. The van der Waals surface area contributed by atoms with Crippen molar-refractivity contribution in [3.8, 4) is 0 Å². The molecular weight excluding hydrogens is 365 g/mol. The first-order valence-electron chi connectivity index (χ1n) is 8.13. The molecule has 0 bridgehead atoms. The third kappa shape index (κ3) is 2.81. The van der Waals surface area contributed by atoms with Crippen LogP contribution in [0.1, 0.15) is 18.4 Å². The Bertz CT molecular complexity index is 752. The zero-order chi connectivity index (χ0) is 16.9. The summed E-state index contributed by atoms with van der Waals surface area (Å²) in [6.45, 7) is 5.87. The van der Waals surface area contributed by atoms with Crippen molar-refractivity contribution in [1.29, 1.82) is 0 Å². The Balaban J connectivity index is 1.35. The van der Waals surface area contributed by atoms with E-state index in [1.807, 2.05) is 30.0 Å². The molecule has 4 nitrogen and oxygen atoms in total. The van der Waals surface area contributed by atoms with E-state index in [2.05, 4.69) is 11.0 Å². The maximum absolute atomic E-state index is 12.6. The van der Waals surface area contributed by atoms with Crippen LogP contribution in [-0.4, -0.2) is 51.2 Å². The molecule has 1 aromatic heterocycles. The van der Waals surface area contributed by atoms with Crippen LogP contribution in [0, 0.1) is 5.41 Å². The molecular formula is C17H19Cl2N3OS. The molecule has 0 N–H and O–H groups in total. The molecule has 24 heavy (non-hydrogen) atoms. The average molecular weight is 384 g/mol. The Morgan fingerprint density at radius 3 is 2.54 bits per heavy atom. The number of benzene rings is 1. The van der Waals surface area contributed by atoms with Gasteiger partial charge in [-0.1, -0.05) is 12.1 Å². The normalized spacial score (nSPS) is 26.7. The number of aromatic nitrogens is 1. The van der Waals surface area contributed by atoms with Crippen molar-refractivity contribution < 1.29 is 4.79 Å². The number of rotatable bonds is 3. The van der Waals surface area contributed by atoms with Crippen molar-refractivity contribution in [2.75, 3.05) is 26.2 Å². The van der Waals surface area contributed by atoms with Crippen molar-refractivity contribution >= 4 is 50.7 Å². The highest BCUT2D eigenvalue weighted by atomic mass is 35.5. The fraction of sp³-hybridized carbons (Fsp3) is 0.529. The quantitative estimate of drug-likeness (QED) is 0.760. The van der Waals surface area contributed by atoms with Crippen molar-refractivity contribution in [1.82, 2.24) is 14.8 Å². The number of carbonyl (C=O) groups excluding carboxylic acids is 1. The second-order valence-corrected chi connectivity index (χ2v) is 9.46. The minimum Gasteiger partial charge on any atom is -0.340 e. The predicted octanol–water partition coefficient (Wildman–Crippen LogP) is 3.52. The fourth-order valence-corrected chi connectivity index (χ4v) is 4.97. The molecule has 1 saturated heterocycles. The molecule has 0 spiro atoms. The van der Waals surface area contributed by atoms with Crippen LogP contribution >= 0.6 is 34.5 Å². The number of nitrogens with zero attached hydrogens (tertiary/aromatic N) is 3. The van der Waals surface area contributed by atoms with E-state index in [0.717, 1.165) is 43.2 Å². The highest BCUT2D eigenvalue weighted by molar-refractivity contribution is 7.18. The summed E-state index contributed by atoms with van der Waals surface area (Å²) in [6.07, 6.45) is 0.549. The average Bonchev–Trinajstić information content (AvgIpc) is 2.91. The van der Waals surface area contributed by atoms with E-state index in [4.69, 9.17) is 28.2 Å². The van der Waals surface area contributed by atoms with E-state index in [9.17, 15) is 4.79 Å². The van der Waals surface area contributed by atoms with Crippen LogP contribution < -0.4 is 0 Å². The number of hydrogen-bond donors (Lipinski definition) is 0. The van der Waals surface area contributed by atoms with E-state index in [0.29, 0.717) is 6.42 Å². The lowest BCUT2D eigenvalue weighted by Crippen LogP contribution is -2.50. The summed E-state index contributed by atoms with van der Waals surface area (Å²) in [5, 5.41) is 1.13. The number of piperazine rings is 1. The van der Waals surface area contributed by atoms with Crippen LogP contribution in [0.4, 0.5) is 0 Å². The SMILES string of the molecule is CC1(C(=O)N2CCN(Cc3nc4ccccc4s3)CC2)CC1(Cl)Cl. The topological polar surface area (TPSA) is 36.4 Å². The van der Waals surface area contributed by atoms with Crippen molar-refractivity contribution in [2.45, 2.75) is 24.2 Å². The molecule has 1 aliphatic heterocycles. The molecule has 1 unspecified atom stereocenters. The second-order valence-electron chi connectivity index (χ2n) is 6.86. The predicted molar refractivity (Wildman–Crippen MR) is 98.6 cm³/mol. The Morgan fingerprint density at radius 2 is 1.92 bits per heavy atom. The van der Waals surface area contributed by atoms with Gasteiger partial charge < -0.3 is 4.90 Å². The largest absolute Gasteiger partial charge is 0.340 e. The zero-order valence-corrected chi connectivity index (χ0v) is 15.8. The number of carbonyl (C=O) groups is 1. The lowest BCUT2D eigenvalue weighted by atomic mass is 10.1. The summed E-state index contributed by atoms with van der Waals surface area (Å²) in [4.78, 5) is 21.6. The van der Waals surface area contributed by atoms with E-state index in [1.165, 1.54) is 4.70 Å². The number of para-hydroxylation sites is 1. The summed E-state index contributed by atoms with van der Waals surface area (Å²) in [6, 6.07) is 8.21. The van der Waals surface area contributed by atoms with Gasteiger partial charge in [0.25, 0.3) is 0 Å². The number of hydrogen-bond acceptors (Lipinski definition) is 4.